The van der Waals surface area contributed by atoms with Gasteiger partial charge in [0, 0.05) is 30.7 Å². The zero-order valence-corrected chi connectivity index (χ0v) is 14.7. The summed E-state index contributed by atoms with van der Waals surface area (Å²) in [6.07, 6.45) is 1.55. The summed E-state index contributed by atoms with van der Waals surface area (Å²) in [5, 5.41) is 13.6. The summed E-state index contributed by atoms with van der Waals surface area (Å²) in [4.78, 5) is 14.3. The molecule has 1 heterocycles. The summed E-state index contributed by atoms with van der Waals surface area (Å²) in [6.45, 7) is 6.71. The molecule has 1 fully saturated rings. The van der Waals surface area contributed by atoms with Crippen LogP contribution in [0.3, 0.4) is 0 Å². The molecular weight excluding hydrogens is 312 g/mol. The number of piperidine rings is 1. The van der Waals surface area contributed by atoms with Crippen LogP contribution in [0.15, 0.2) is 24.3 Å². The zero-order valence-electron chi connectivity index (χ0n) is 14.0. The minimum atomic E-state index is -0.556. The predicted octanol–water partition coefficient (Wildman–Crippen LogP) is 2.83. The number of carbonyl (C=O) groups is 1. The molecule has 0 radical (unpaired) electrons. The van der Waals surface area contributed by atoms with Crippen molar-refractivity contribution < 1.29 is 9.90 Å². The molecule has 1 unspecified atom stereocenters. The molecule has 0 aromatic heterocycles. The third-order valence-electron chi connectivity index (χ3n) is 4.44. The highest BCUT2D eigenvalue weighted by Crippen LogP contribution is 2.16. The topological polar surface area (TPSA) is 52.6 Å². The third kappa shape index (κ3) is 6.13. The van der Waals surface area contributed by atoms with Crippen LogP contribution in [-0.4, -0.2) is 41.1 Å². The van der Waals surface area contributed by atoms with E-state index < -0.39 is 6.10 Å². The van der Waals surface area contributed by atoms with Crippen LogP contribution in [0.2, 0.25) is 5.02 Å². The van der Waals surface area contributed by atoms with Crippen LogP contribution in [0.5, 0.6) is 0 Å². The fraction of sp³-hybridized carbons (Fsp3) is 0.611. The molecule has 128 valence electrons. The Morgan fingerprint density at radius 1 is 1.30 bits per heavy atom. The molecule has 1 aromatic carbocycles. The first-order chi connectivity index (χ1) is 10.9. The Hall–Kier alpha value is -1.10. The van der Waals surface area contributed by atoms with Crippen LogP contribution in [0.1, 0.15) is 38.7 Å². The maximum Gasteiger partial charge on any atom is 0.222 e. The Bertz CT molecular complexity index is 496. The smallest absolute Gasteiger partial charge is 0.222 e. The fourth-order valence-corrected chi connectivity index (χ4v) is 2.92. The van der Waals surface area contributed by atoms with Gasteiger partial charge in [-0.15, -0.1) is 0 Å². The molecule has 1 aromatic rings. The molecule has 1 atom stereocenters. The number of carbonyl (C=O) groups excluding carboxylic acids is 1. The number of likely N-dealkylation sites (tertiary alicyclic amines) is 1. The highest BCUT2D eigenvalue weighted by atomic mass is 35.5. The minimum absolute atomic E-state index is 0.0395. The molecule has 1 aliphatic rings. The van der Waals surface area contributed by atoms with E-state index in [2.05, 4.69) is 22.3 Å². The van der Waals surface area contributed by atoms with Crippen molar-refractivity contribution >= 4 is 17.5 Å². The highest BCUT2D eigenvalue weighted by molar-refractivity contribution is 6.30. The second-order valence-corrected chi connectivity index (χ2v) is 7.20. The van der Waals surface area contributed by atoms with E-state index in [0.717, 1.165) is 37.5 Å². The van der Waals surface area contributed by atoms with E-state index in [-0.39, 0.29) is 24.3 Å². The molecule has 2 N–H and O–H groups in total. The van der Waals surface area contributed by atoms with E-state index in [1.54, 1.807) is 0 Å². The molecule has 4 nitrogen and oxygen atoms in total. The van der Waals surface area contributed by atoms with Crippen molar-refractivity contribution in [2.24, 2.45) is 5.92 Å². The van der Waals surface area contributed by atoms with Gasteiger partial charge in [-0.1, -0.05) is 37.6 Å². The van der Waals surface area contributed by atoms with E-state index in [9.17, 15) is 9.90 Å². The first kappa shape index (κ1) is 18.2. The van der Waals surface area contributed by atoms with Gasteiger partial charge in [0.2, 0.25) is 5.91 Å². The summed E-state index contributed by atoms with van der Waals surface area (Å²) in [5.74, 6) is 0.0734. The van der Waals surface area contributed by atoms with Gasteiger partial charge < -0.3 is 10.4 Å². The number of amides is 1. The summed E-state index contributed by atoms with van der Waals surface area (Å²) >= 11 is 5.91. The van der Waals surface area contributed by atoms with Gasteiger partial charge in [-0.05, 0) is 36.5 Å². The molecular formula is C18H27ClN2O2. The maximum absolute atomic E-state index is 11.9. The maximum atomic E-state index is 11.9. The molecule has 0 spiro atoms. The van der Waals surface area contributed by atoms with E-state index in [1.807, 2.05) is 26.0 Å². The van der Waals surface area contributed by atoms with Gasteiger partial charge in [0.05, 0.1) is 12.5 Å². The van der Waals surface area contributed by atoms with Crippen molar-refractivity contribution in [2.75, 3.05) is 13.1 Å². The van der Waals surface area contributed by atoms with E-state index in [0.29, 0.717) is 0 Å². The lowest BCUT2D eigenvalue weighted by Crippen LogP contribution is -2.45. The van der Waals surface area contributed by atoms with Gasteiger partial charge in [-0.25, -0.2) is 0 Å². The Kier molecular flexibility index (Phi) is 6.88. The largest absolute Gasteiger partial charge is 0.392 e. The molecule has 0 aliphatic carbocycles. The van der Waals surface area contributed by atoms with Crippen LogP contribution in [0.25, 0.3) is 0 Å². The Morgan fingerprint density at radius 3 is 2.48 bits per heavy atom. The number of rotatable bonds is 6. The molecule has 0 bridgehead atoms. The van der Waals surface area contributed by atoms with Crippen LogP contribution in [0, 0.1) is 5.92 Å². The van der Waals surface area contributed by atoms with Gasteiger partial charge in [-0.2, -0.15) is 0 Å². The summed E-state index contributed by atoms with van der Waals surface area (Å²) < 4.78 is 0. The van der Waals surface area contributed by atoms with Crippen molar-refractivity contribution in [1.29, 1.82) is 0 Å². The highest BCUT2D eigenvalue weighted by Gasteiger charge is 2.22. The number of aliphatic hydroxyl groups is 1. The number of hydrogen-bond acceptors (Lipinski definition) is 3. The number of hydrogen-bond donors (Lipinski definition) is 2. The molecule has 1 aliphatic heterocycles. The lowest BCUT2D eigenvalue weighted by atomic mass is 10.0. The number of halogens is 1. The third-order valence-corrected chi connectivity index (χ3v) is 4.69. The summed E-state index contributed by atoms with van der Waals surface area (Å²) in [5.41, 5.74) is 1.26. The van der Waals surface area contributed by atoms with Gasteiger partial charge in [-0.3, -0.25) is 9.69 Å². The normalized spacial score (nSPS) is 18.1. The van der Waals surface area contributed by atoms with Crippen LogP contribution < -0.4 is 5.32 Å². The standard InChI is InChI=1S/C18H27ClN2O2/c1-13(2)17(22)11-18(23)20-16-7-9-21(10-8-16)12-14-3-5-15(19)6-4-14/h3-6,13,16-17,22H,7-12H2,1-2H3,(H,20,23). The number of benzene rings is 1. The van der Waals surface area contributed by atoms with Crippen molar-refractivity contribution in [3.05, 3.63) is 34.9 Å². The van der Waals surface area contributed by atoms with Gasteiger partial charge in [0.15, 0.2) is 0 Å². The van der Waals surface area contributed by atoms with Crippen LogP contribution in [0.4, 0.5) is 0 Å². The van der Waals surface area contributed by atoms with Gasteiger partial charge in [0.1, 0.15) is 0 Å². The van der Waals surface area contributed by atoms with Crippen molar-refractivity contribution in [2.45, 2.75) is 51.8 Å². The first-order valence-electron chi connectivity index (χ1n) is 8.38. The Balaban J connectivity index is 1.71. The second-order valence-electron chi connectivity index (χ2n) is 6.76. The number of nitrogens with zero attached hydrogens (tertiary/aromatic N) is 1. The SMILES string of the molecule is CC(C)C(O)CC(=O)NC1CCN(Cc2ccc(Cl)cc2)CC1. The average molecular weight is 339 g/mol. The van der Waals surface area contributed by atoms with Crippen LogP contribution >= 0.6 is 11.6 Å². The Morgan fingerprint density at radius 2 is 1.91 bits per heavy atom. The van der Waals surface area contributed by atoms with Gasteiger partial charge in [0.25, 0.3) is 0 Å². The van der Waals surface area contributed by atoms with Crippen LogP contribution in [-0.2, 0) is 11.3 Å². The fourth-order valence-electron chi connectivity index (χ4n) is 2.80. The van der Waals surface area contributed by atoms with Gasteiger partial charge >= 0.3 is 0 Å². The molecule has 1 amide bonds. The minimum Gasteiger partial charge on any atom is -0.392 e. The van der Waals surface area contributed by atoms with Crippen molar-refractivity contribution in [3.8, 4) is 0 Å². The first-order valence-corrected chi connectivity index (χ1v) is 8.76. The van der Waals surface area contributed by atoms with Crippen molar-refractivity contribution in [1.82, 2.24) is 10.2 Å². The lowest BCUT2D eigenvalue weighted by molar-refractivity contribution is -0.124. The summed E-state index contributed by atoms with van der Waals surface area (Å²) in [6, 6.07) is 8.18. The second kappa shape index (κ2) is 8.67. The summed E-state index contributed by atoms with van der Waals surface area (Å²) in [7, 11) is 0. The van der Waals surface area contributed by atoms with E-state index in [4.69, 9.17) is 11.6 Å². The monoisotopic (exact) mass is 338 g/mol. The molecule has 23 heavy (non-hydrogen) atoms. The predicted molar refractivity (Wildman–Crippen MR) is 93.4 cm³/mol. The Labute approximate surface area is 143 Å². The zero-order chi connectivity index (χ0) is 16.8. The number of aliphatic hydroxyl groups excluding tert-OH is 1. The van der Waals surface area contributed by atoms with Crippen molar-refractivity contribution in [3.63, 3.8) is 0 Å². The quantitative estimate of drug-likeness (QED) is 0.838. The number of nitrogens with one attached hydrogen (secondary N) is 1. The van der Waals surface area contributed by atoms with E-state index in [1.165, 1.54) is 5.56 Å². The van der Waals surface area contributed by atoms with E-state index >= 15 is 0 Å². The molecule has 2 rings (SSSR count). The lowest BCUT2D eigenvalue weighted by Gasteiger charge is -2.32. The molecule has 0 saturated carbocycles. The molecule has 1 saturated heterocycles. The molecule has 5 heteroatoms. The average Bonchev–Trinajstić information content (AvgIpc) is 2.51.